The molecule has 0 saturated carbocycles. The first-order valence-corrected chi connectivity index (χ1v) is 8.87. The van der Waals surface area contributed by atoms with Gasteiger partial charge in [-0.1, -0.05) is 18.2 Å². The summed E-state index contributed by atoms with van der Waals surface area (Å²) in [4.78, 5) is 12.1. The van der Waals surface area contributed by atoms with Crippen LogP contribution in [-0.4, -0.2) is 30.3 Å². The van der Waals surface area contributed by atoms with Crippen molar-refractivity contribution in [3.63, 3.8) is 0 Å². The van der Waals surface area contributed by atoms with Crippen molar-refractivity contribution in [2.45, 2.75) is 11.3 Å². The van der Waals surface area contributed by atoms with E-state index in [2.05, 4.69) is 15.5 Å². The van der Waals surface area contributed by atoms with Crippen molar-refractivity contribution in [2.75, 3.05) is 11.1 Å². The highest BCUT2D eigenvalue weighted by Crippen LogP contribution is 2.20. The number of carbonyl (C=O) groups is 1. The Balaban J connectivity index is 1.58. The van der Waals surface area contributed by atoms with Crippen molar-refractivity contribution in [1.29, 1.82) is 0 Å². The average Bonchev–Trinajstić information content (AvgIpc) is 3.25. The van der Waals surface area contributed by atoms with E-state index < -0.39 is 15.7 Å². The fraction of sp³-hybridized carbons (Fsp3) is 0.125. The van der Waals surface area contributed by atoms with Gasteiger partial charge < -0.3 is 9.73 Å². The molecule has 0 fully saturated rings. The number of H-pyrrole nitrogens is 1. The van der Waals surface area contributed by atoms with Crippen molar-refractivity contribution >= 4 is 21.6 Å². The molecule has 0 saturated heterocycles. The highest BCUT2D eigenvalue weighted by Gasteiger charge is 2.16. The van der Waals surface area contributed by atoms with E-state index in [1.807, 2.05) is 0 Å². The van der Waals surface area contributed by atoms with E-state index in [1.165, 1.54) is 18.4 Å². The number of furan rings is 1. The number of hydrogen-bond donors (Lipinski definition) is 2. The highest BCUT2D eigenvalue weighted by molar-refractivity contribution is 7.91. The Bertz CT molecular complexity index is 915. The number of amides is 1. The van der Waals surface area contributed by atoms with Gasteiger partial charge in [0.15, 0.2) is 21.4 Å². The van der Waals surface area contributed by atoms with Crippen LogP contribution >= 0.6 is 0 Å². The molecule has 0 bridgehead atoms. The van der Waals surface area contributed by atoms with Gasteiger partial charge in [0, 0.05) is 12.5 Å². The van der Waals surface area contributed by atoms with Gasteiger partial charge in [-0.2, -0.15) is 5.10 Å². The van der Waals surface area contributed by atoms with Crippen molar-refractivity contribution in [3.05, 3.63) is 54.8 Å². The molecule has 0 spiro atoms. The predicted molar refractivity (Wildman–Crippen MR) is 88.0 cm³/mol. The summed E-state index contributed by atoms with van der Waals surface area (Å²) in [6.07, 6.45) is 1.38. The maximum atomic E-state index is 12.1. The largest absolute Gasteiger partial charge is 0.463 e. The SMILES string of the molecule is O=C(CCS(=O)(=O)c1ccccc1)Nc1cc(-c2ccco2)[nH]n1. The van der Waals surface area contributed by atoms with Crippen molar-refractivity contribution in [1.82, 2.24) is 10.2 Å². The predicted octanol–water partition coefficient (Wildman–Crippen LogP) is 2.47. The topological polar surface area (TPSA) is 105 Å². The van der Waals surface area contributed by atoms with Crippen LogP contribution in [-0.2, 0) is 14.6 Å². The lowest BCUT2D eigenvalue weighted by Gasteiger charge is -2.04. The summed E-state index contributed by atoms with van der Waals surface area (Å²) in [5.74, 6) is 0.211. The minimum absolute atomic E-state index is 0.153. The lowest BCUT2D eigenvalue weighted by atomic mass is 10.3. The number of rotatable bonds is 6. The maximum absolute atomic E-state index is 12.1. The van der Waals surface area contributed by atoms with Crippen LogP contribution in [0.3, 0.4) is 0 Å². The third kappa shape index (κ3) is 3.72. The first kappa shape index (κ1) is 16.0. The van der Waals surface area contributed by atoms with E-state index in [4.69, 9.17) is 4.42 Å². The number of aromatic nitrogens is 2. The molecule has 3 rings (SSSR count). The quantitative estimate of drug-likeness (QED) is 0.714. The van der Waals surface area contributed by atoms with Crippen molar-refractivity contribution < 1.29 is 17.6 Å². The second-order valence-electron chi connectivity index (χ2n) is 5.07. The molecular formula is C16H15N3O4S. The number of benzene rings is 1. The summed E-state index contributed by atoms with van der Waals surface area (Å²) >= 11 is 0. The summed E-state index contributed by atoms with van der Waals surface area (Å²) in [5.41, 5.74) is 0.618. The first-order valence-electron chi connectivity index (χ1n) is 7.21. The molecule has 0 radical (unpaired) electrons. The fourth-order valence-corrected chi connectivity index (χ4v) is 3.38. The zero-order valence-electron chi connectivity index (χ0n) is 12.6. The number of anilines is 1. The molecule has 0 aliphatic heterocycles. The van der Waals surface area contributed by atoms with Crippen LogP contribution in [0.15, 0.2) is 64.1 Å². The minimum Gasteiger partial charge on any atom is -0.463 e. The van der Waals surface area contributed by atoms with Gasteiger partial charge in [-0.25, -0.2) is 8.42 Å². The minimum atomic E-state index is -3.48. The van der Waals surface area contributed by atoms with Gasteiger partial charge in [-0.15, -0.1) is 0 Å². The van der Waals surface area contributed by atoms with Gasteiger partial charge in [0.2, 0.25) is 5.91 Å². The van der Waals surface area contributed by atoms with Crippen LogP contribution in [0.25, 0.3) is 11.5 Å². The van der Waals surface area contributed by atoms with Gasteiger partial charge >= 0.3 is 0 Å². The Morgan fingerprint density at radius 1 is 1.17 bits per heavy atom. The molecule has 0 aliphatic rings. The molecule has 1 aromatic carbocycles. The number of aromatic amines is 1. The Morgan fingerprint density at radius 3 is 2.67 bits per heavy atom. The number of hydrogen-bond acceptors (Lipinski definition) is 5. The van der Waals surface area contributed by atoms with Gasteiger partial charge in [-0.05, 0) is 24.3 Å². The third-order valence-corrected chi connectivity index (χ3v) is 5.06. The van der Waals surface area contributed by atoms with Gasteiger partial charge in [0.05, 0.1) is 16.9 Å². The van der Waals surface area contributed by atoms with Crippen LogP contribution in [0.4, 0.5) is 5.82 Å². The third-order valence-electron chi connectivity index (χ3n) is 3.33. The molecule has 0 unspecified atom stereocenters. The Labute approximate surface area is 138 Å². The summed E-state index contributed by atoms with van der Waals surface area (Å²) in [5, 5.41) is 9.24. The smallest absolute Gasteiger partial charge is 0.226 e. The summed E-state index contributed by atoms with van der Waals surface area (Å²) in [6, 6.07) is 13.2. The zero-order chi connectivity index (χ0) is 17.0. The van der Waals surface area contributed by atoms with E-state index in [1.54, 1.807) is 36.4 Å². The number of nitrogens with one attached hydrogen (secondary N) is 2. The van der Waals surface area contributed by atoms with Gasteiger partial charge in [0.1, 0.15) is 5.69 Å². The van der Waals surface area contributed by atoms with Crippen LogP contribution < -0.4 is 5.32 Å². The second-order valence-corrected chi connectivity index (χ2v) is 7.18. The molecule has 0 atom stereocenters. The van der Waals surface area contributed by atoms with E-state index in [0.717, 1.165) is 0 Å². The van der Waals surface area contributed by atoms with Gasteiger partial charge in [-0.3, -0.25) is 9.89 Å². The average molecular weight is 345 g/mol. The molecule has 2 N–H and O–H groups in total. The normalized spacial score (nSPS) is 11.3. The highest BCUT2D eigenvalue weighted by atomic mass is 32.2. The Hall–Kier alpha value is -2.87. The molecule has 3 aromatic rings. The monoisotopic (exact) mass is 345 g/mol. The van der Waals surface area contributed by atoms with Crippen LogP contribution in [0.2, 0.25) is 0 Å². The van der Waals surface area contributed by atoms with E-state index in [0.29, 0.717) is 17.3 Å². The van der Waals surface area contributed by atoms with E-state index in [-0.39, 0.29) is 17.1 Å². The molecule has 124 valence electrons. The summed E-state index contributed by atoms with van der Waals surface area (Å²) in [6.45, 7) is 0. The number of nitrogens with zero attached hydrogens (tertiary/aromatic N) is 1. The lowest BCUT2D eigenvalue weighted by molar-refractivity contribution is -0.115. The molecule has 2 heterocycles. The second kappa shape index (κ2) is 6.71. The van der Waals surface area contributed by atoms with E-state index in [9.17, 15) is 13.2 Å². The summed E-state index contributed by atoms with van der Waals surface area (Å²) < 4.78 is 29.5. The number of carbonyl (C=O) groups excluding carboxylic acids is 1. The van der Waals surface area contributed by atoms with Crippen LogP contribution in [0.1, 0.15) is 6.42 Å². The van der Waals surface area contributed by atoms with Crippen molar-refractivity contribution in [2.24, 2.45) is 0 Å². The first-order chi connectivity index (χ1) is 11.5. The van der Waals surface area contributed by atoms with Crippen LogP contribution in [0, 0.1) is 0 Å². The molecule has 0 aliphatic carbocycles. The molecule has 24 heavy (non-hydrogen) atoms. The molecular weight excluding hydrogens is 330 g/mol. The lowest BCUT2D eigenvalue weighted by Crippen LogP contribution is -2.17. The fourth-order valence-electron chi connectivity index (χ4n) is 2.12. The van der Waals surface area contributed by atoms with Crippen LogP contribution in [0.5, 0.6) is 0 Å². The van der Waals surface area contributed by atoms with Crippen molar-refractivity contribution in [3.8, 4) is 11.5 Å². The Kier molecular flexibility index (Phi) is 4.48. The molecule has 1 amide bonds. The summed E-state index contributed by atoms with van der Waals surface area (Å²) in [7, 11) is -3.48. The van der Waals surface area contributed by atoms with Gasteiger partial charge in [0.25, 0.3) is 0 Å². The number of sulfone groups is 1. The Morgan fingerprint density at radius 2 is 1.96 bits per heavy atom. The maximum Gasteiger partial charge on any atom is 0.226 e. The van der Waals surface area contributed by atoms with E-state index >= 15 is 0 Å². The standard InChI is InChI=1S/C16H15N3O4S/c20-16(8-10-24(21,22)12-5-2-1-3-6-12)17-15-11-13(18-19-15)14-7-4-9-23-14/h1-7,9,11H,8,10H2,(H2,17,18,19,20). The molecule has 7 nitrogen and oxygen atoms in total. The molecule has 8 heteroatoms. The zero-order valence-corrected chi connectivity index (χ0v) is 13.4. The molecule has 2 aromatic heterocycles.